The molecule has 0 saturated heterocycles. The lowest BCUT2D eigenvalue weighted by atomic mass is 9.90. The molecule has 0 unspecified atom stereocenters. The molecule has 9 aromatic heterocycles. The van der Waals surface area contributed by atoms with Crippen LogP contribution in [0.15, 0.2) is 322 Å². The first kappa shape index (κ1) is 59.9. The average molecular weight is 1340 g/mol. The van der Waals surface area contributed by atoms with Gasteiger partial charge in [-0.05, 0) is 106 Å². The van der Waals surface area contributed by atoms with E-state index in [2.05, 4.69) is 240 Å². The van der Waals surface area contributed by atoms with Crippen LogP contribution in [0.2, 0.25) is 0 Å². The van der Waals surface area contributed by atoms with E-state index < -0.39 is 0 Å². The fourth-order valence-corrected chi connectivity index (χ4v) is 15.3. The van der Waals surface area contributed by atoms with Crippen LogP contribution < -0.4 is 0 Å². The molecule has 0 saturated carbocycles. The third-order valence-corrected chi connectivity index (χ3v) is 20.0. The summed E-state index contributed by atoms with van der Waals surface area (Å²) in [5, 5.41) is 8.35. The molecule has 0 aliphatic heterocycles. The molecule has 0 spiro atoms. The van der Waals surface area contributed by atoms with Crippen molar-refractivity contribution in [1.82, 2.24) is 52.4 Å². The van der Waals surface area contributed by atoms with Crippen LogP contribution in [-0.2, 0) is 0 Å². The molecular weight excluding hydrogens is 1290 g/mol. The third kappa shape index (κ3) is 10.7. The lowest BCUT2D eigenvalue weighted by molar-refractivity contribution is 1.22. The molecule has 0 atom stereocenters. The standard InChI is InChI=1S/C46H28N6S.C43H25N5S/c1-3-12-30(13-4-1)35-28-36-43(46-45(35)51-53-52-46)42-34(16-11-19-39(42)50-44(36)32-14-5-2-6-15-32)31-22-20-29(21-23-31)33-26-40(37-17-7-9-24-47-37)49-41(27-33)38-18-8-10-25-48-38;1-4-11-26(12-5-1)32-25-33-38(43-42(32)47-49-48-43)37-31(17-10-18-36(37)46-39(33)28-15-8-3-9-16-28)35-24-22-30-20-19-29-21-23-34(27-13-6-2-7-14-27)44-40(29)41(30)45-35/h1-28H;1-25H. The summed E-state index contributed by atoms with van der Waals surface area (Å²) in [5.41, 5.74) is 26.7. The minimum atomic E-state index is 0.796. The van der Waals surface area contributed by atoms with Crippen molar-refractivity contribution in [2.24, 2.45) is 0 Å². The second-order valence-electron chi connectivity index (χ2n) is 25.0. The highest BCUT2D eigenvalue weighted by molar-refractivity contribution is 7.00. The number of hydrogen-bond acceptors (Lipinski definition) is 13. The van der Waals surface area contributed by atoms with Crippen LogP contribution in [0.4, 0.5) is 0 Å². The van der Waals surface area contributed by atoms with Crippen LogP contribution in [-0.4, -0.2) is 52.4 Å². The number of pyridine rings is 7. The number of benzene rings is 11. The van der Waals surface area contributed by atoms with Crippen molar-refractivity contribution < 1.29 is 0 Å². The van der Waals surface area contributed by atoms with E-state index in [0.717, 1.165) is 200 Å². The Morgan fingerprint density at radius 3 is 1.10 bits per heavy atom. The Hall–Kier alpha value is -13.3. The summed E-state index contributed by atoms with van der Waals surface area (Å²) in [6.45, 7) is 0. The summed E-state index contributed by atoms with van der Waals surface area (Å²) < 4.78 is 19.6. The van der Waals surface area contributed by atoms with Gasteiger partial charge in [-0.15, -0.1) is 0 Å². The molecule has 0 aliphatic carbocycles. The first-order valence-electron chi connectivity index (χ1n) is 33.6. The van der Waals surface area contributed by atoms with E-state index >= 15 is 0 Å². The number of aromatic nitrogens is 11. The minimum absolute atomic E-state index is 0.796. The molecule has 0 bridgehead atoms. The van der Waals surface area contributed by atoms with Crippen LogP contribution in [0.1, 0.15) is 0 Å². The molecule has 102 heavy (non-hydrogen) atoms. The van der Waals surface area contributed by atoms with Crippen LogP contribution >= 0.6 is 23.5 Å². The molecule has 11 nitrogen and oxygen atoms in total. The maximum absolute atomic E-state index is 5.36. The summed E-state index contributed by atoms with van der Waals surface area (Å²) in [4.78, 5) is 35.4. The van der Waals surface area contributed by atoms with Crippen molar-refractivity contribution >= 4 is 111 Å². The monoisotopic (exact) mass is 1340 g/mol. The number of nitrogens with zero attached hydrogens (tertiary/aromatic N) is 11. The molecule has 0 N–H and O–H groups in total. The van der Waals surface area contributed by atoms with Crippen molar-refractivity contribution in [2.75, 3.05) is 0 Å². The van der Waals surface area contributed by atoms with E-state index in [1.807, 2.05) is 78.9 Å². The van der Waals surface area contributed by atoms with Crippen molar-refractivity contribution in [3.05, 3.63) is 322 Å². The summed E-state index contributed by atoms with van der Waals surface area (Å²) in [5.74, 6) is 0. The fraction of sp³-hybridized carbons (Fsp3) is 0. The van der Waals surface area contributed by atoms with Crippen LogP contribution in [0.5, 0.6) is 0 Å². The van der Waals surface area contributed by atoms with Gasteiger partial charge in [0.15, 0.2) is 0 Å². The minimum Gasteiger partial charge on any atom is -0.255 e. The Morgan fingerprint density at radius 2 is 0.608 bits per heavy atom. The molecule has 11 aromatic carbocycles. The van der Waals surface area contributed by atoms with Crippen molar-refractivity contribution in [1.29, 1.82) is 0 Å². The molecule has 9 heterocycles. The predicted molar refractivity (Wildman–Crippen MR) is 419 cm³/mol. The summed E-state index contributed by atoms with van der Waals surface area (Å²) in [6, 6.07) is 107. The number of hydrogen-bond donors (Lipinski definition) is 0. The van der Waals surface area contributed by atoms with Gasteiger partial charge in [-0.1, -0.05) is 237 Å². The van der Waals surface area contributed by atoms with Crippen LogP contribution in [0, 0.1) is 0 Å². The van der Waals surface area contributed by atoms with E-state index in [0.29, 0.717) is 0 Å². The Balaban J connectivity index is 0.000000142. The molecule has 20 aromatic rings. The summed E-state index contributed by atoms with van der Waals surface area (Å²) >= 11 is 2.50. The SMILES string of the molecule is c1ccc(-c2ccc3ccc4ccc(-c5cccc6nc(-c7ccccc7)c7cc(-c8ccccc8)c8nsnc8c7c56)nc4c3n2)cc1.c1ccc(-c2nc3cccc(-c4ccc(-c5cc(-c6ccccn6)nc(-c6ccccn6)c5)cc4)c3c3c2cc(-c2ccccc2)c2nsnc23)cc1. The molecule has 0 radical (unpaired) electrons. The van der Waals surface area contributed by atoms with Gasteiger partial charge < -0.3 is 0 Å². The molecule has 13 heteroatoms. The van der Waals surface area contributed by atoms with Gasteiger partial charge in [0.05, 0.1) is 91.1 Å². The Bertz CT molecular complexity index is 6530. The summed E-state index contributed by atoms with van der Waals surface area (Å²) in [6.07, 6.45) is 3.59. The van der Waals surface area contributed by atoms with Crippen molar-refractivity contribution in [2.45, 2.75) is 0 Å². The molecule has 0 aliphatic rings. The fourth-order valence-electron chi connectivity index (χ4n) is 14.2. The molecule has 476 valence electrons. The Kier molecular flexibility index (Phi) is 15.0. The zero-order valence-corrected chi connectivity index (χ0v) is 56.0. The molecule has 0 fully saturated rings. The zero-order chi connectivity index (χ0) is 67.5. The van der Waals surface area contributed by atoms with Gasteiger partial charge in [0, 0.05) is 88.9 Å². The average Bonchev–Trinajstić information content (AvgIpc) is 1.22. The van der Waals surface area contributed by atoms with Gasteiger partial charge in [-0.2, -0.15) is 17.5 Å². The highest BCUT2D eigenvalue weighted by Crippen LogP contribution is 2.47. The maximum atomic E-state index is 5.36. The highest BCUT2D eigenvalue weighted by atomic mass is 32.1. The predicted octanol–water partition coefficient (Wildman–Crippen LogP) is 22.7. The topological polar surface area (TPSA) is 142 Å². The smallest absolute Gasteiger partial charge is 0.114 e. The Morgan fingerprint density at radius 1 is 0.206 bits per heavy atom. The lowest BCUT2D eigenvalue weighted by Crippen LogP contribution is -1.95. The third-order valence-electron chi connectivity index (χ3n) is 19.0. The van der Waals surface area contributed by atoms with Gasteiger partial charge in [0.2, 0.25) is 0 Å². The molecule has 20 rings (SSSR count). The first-order chi connectivity index (χ1) is 50.6. The number of rotatable bonds is 10. The molecular formula is C89H53N11S2. The van der Waals surface area contributed by atoms with Crippen molar-refractivity contribution in [3.63, 3.8) is 0 Å². The second kappa shape index (κ2) is 25.5. The first-order valence-corrected chi connectivity index (χ1v) is 35.0. The largest absolute Gasteiger partial charge is 0.255 e. The van der Waals surface area contributed by atoms with Gasteiger partial charge in [-0.3, -0.25) is 9.97 Å². The van der Waals surface area contributed by atoms with Gasteiger partial charge in [0.1, 0.15) is 22.1 Å². The van der Waals surface area contributed by atoms with E-state index in [1.54, 1.807) is 12.4 Å². The highest BCUT2D eigenvalue weighted by Gasteiger charge is 2.25. The molecule has 0 amide bonds. The lowest BCUT2D eigenvalue weighted by Gasteiger charge is -2.16. The number of fused-ring (bicyclic) bond motifs is 13. The van der Waals surface area contributed by atoms with Gasteiger partial charge in [0.25, 0.3) is 0 Å². The van der Waals surface area contributed by atoms with Gasteiger partial charge >= 0.3 is 0 Å². The van der Waals surface area contributed by atoms with Crippen molar-refractivity contribution in [3.8, 4) is 112 Å². The van der Waals surface area contributed by atoms with E-state index in [-0.39, 0.29) is 0 Å². The van der Waals surface area contributed by atoms with Gasteiger partial charge in [-0.25, -0.2) is 24.9 Å². The van der Waals surface area contributed by atoms with E-state index in [9.17, 15) is 0 Å². The van der Waals surface area contributed by atoms with Crippen LogP contribution in [0.3, 0.4) is 0 Å². The maximum Gasteiger partial charge on any atom is 0.114 e. The van der Waals surface area contributed by atoms with E-state index in [4.69, 9.17) is 42.4 Å². The Labute approximate surface area is 593 Å². The normalized spacial score (nSPS) is 11.5. The van der Waals surface area contributed by atoms with Crippen LogP contribution in [0.25, 0.3) is 200 Å². The summed E-state index contributed by atoms with van der Waals surface area (Å²) in [7, 11) is 0. The second-order valence-corrected chi connectivity index (χ2v) is 26.1. The zero-order valence-electron chi connectivity index (χ0n) is 54.3. The van der Waals surface area contributed by atoms with E-state index in [1.165, 1.54) is 23.5 Å². The quantitative estimate of drug-likeness (QED) is 0.121.